The molecule has 39 heavy (non-hydrogen) atoms. The van der Waals surface area contributed by atoms with E-state index in [2.05, 4.69) is 87.0 Å². The zero-order valence-corrected chi connectivity index (χ0v) is 27.6. The molecule has 1 aliphatic heterocycles. The number of hydrogen-bond donors (Lipinski definition) is 0. The number of ether oxygens (including phenoxy) is 3. The first-order valence-electron chi connectivity index (χ1n) is 12.7. The van der Waals surface area contributed by atoms with Crippen molar-refractivity contribution in [3.63, 3.8) is 0 Å². The van der Waals surface area contributed by atoms with Crippen molar-refractivity contribution in [2.24, 2.45) is 0 Å². The van der Waals surface area contributed by atoms with Gasteiger partial charge in [0.05, 0.1) is 0 Å². The van der Waals surface area contributed by atoms with Crippen molar-refractivity contribution >= 4 is 35.4 Å². The first kappa shape index (κ1) is 31.3. The SMILES string of the molecule is COc1cc([CH]=[Ru]([Cl])[Cl])c([OH+]C)cc1OC.Cc1cc(C)c(N2[CH-]N(c3c(C)cc(C)cc3C)CC2)c(C)c1. The predicted octanol–water partition coefficient (Wildman–Crippen LogP) is 7.63. The predicted molar refractivity (Wildman–Crippen MR) is 164 cm³/mol. The average Bonchev–Trinajstić information content (AvgIpc) is 3.31. The van der Waals surface area contributed by atoms with E-state index < -0.39 is 13.5 Å². The first-order chi connectivity index (χ1) is 18.5. The Balaban J connectivity index is 0.000000231. The van der Waals surface area contributed by atoms with Crippen LogP contribution in [0.15, 0.2) is 36.4 Å². The van der Waals surface area contributed by atoms with Crippen LogP contribution in [0.4, 0.5) is 11.4 Å². The van der Waals surface area contributed by atoms with Crippen LogP contribution >= 0.6 is 19.4 Å². The van der Waals surface area contributed by atoms with Crippen LogP contribution in [0.2, 0.25) is 0 Å². The Kier molecular flexibility index (Phi) is 11.1. The van der Waals surface area contributed by atoms with E-state index in [9.17, 15) is 0 Å². The van der Waals surface area contributed by atoms with E-state index in [1.165, 1.54) is 44.8 Å². The zero-order valence-electron chi connectivity index (χ0n) is 24.3. The van der Waals surface area contributed by atoms with Crippen LogP contribution in [0.5, 0.6) is 17.2 Å². The number of anilines is 2. The summed E-state index contributed by atoms with van der Waals surface area (Å²) in [5, 5.41) is 0. The Morgan fingerprint density at radius 1 is 0.744 bits per heavy atom. The molecule has 1 fully saturated rings. The van der Waals surface area contributed by atoms with Gasteiger partial charge < -0.3 is 9.80 Å². The Morgan fingerprint density at radius 2 is 1.15 bits per heavy atom. The van der Waals surface area contributed by atoms with Crippen LogP contribution in [0.25, 0.3) is 0 Å². The fraction of sp³-hybridized carbons (Fsp3) is 0.355. The van der Waals surface area contributed by atoms with Crippen LogP contribution in [-0.4, -0.2) is 43.8 Å². The first-order valence-corrected chi connectivity index (χ1v) is 18.2. The molecular weight excluding hydrogens is 620 g/mol. The molecule has 4 rings (SSSR count). The quantitative estimate of drug-likeness (QED) is 0.155. The zero-order chi connectivity index (χ0) is 28.9. The van der Waals surface area contributed by atoms with Crippen molar-refractivity contribution < 1.29 is 27.7 Å². The molecule has 8 heteroatoms. The number of methoxy groups -OCH3 is 2. The van der Waals surface area contributed by atoms with Gasteiger partial charge in [-0.15, -0.1) is 0 Å². The molecule has 3 aromatic rings. The fourth-order valence-electron chi connectivity index (χ4n) is 5.33. The smallest absolute Gasteiger partial charge is 0.0146 e. The minimum Gasteiger partial charge on any atom is -0.502 e. The second-order valence-corrected chi connectivity index (χ2v) is 15.5. The van der Waals surface area contributed by atoms with E-state index in [1.54, 1.807) is 27.4 Å². The molecule has 1 aliphatic rings. The topological polar surface area (TPSA) is 37.7 Å². The van der Waals surface area contributed by atoms with Gasteiger partial charge in [-0.3, -0.25) is 0 Å². The molecule has 0 atom stereocenters. The molecule has 5 nitrogen and oxygen atoms in total. The van der Waals surface area contributed by atoms with Gasteiger partial charge in [-0.25, -0.2) is 0 Å². The summed E-state index contributed by atoms with van der Waals surface area (Å²) in [6.07, 6.45) is 0. The van der Waals surface area contributed by atoms with Gasteiger partial charge in [-0.05, 0) is 63.8 Å². The van der Waals surface area contributed by atoms with Crippen molar-refractivity contribution in [3.8, 4) is 17.2 Å². The van der Waals surface area contributed by atoms with Crippen molar-refractivity contribution in [3.05, 3.63) is 82.0 Å². The summed E-state index contributed by atoms with van der Waals surface area (Å²) >= 11 is -1.87. The van der Waals surface area contributed by atoms with Gasteiger partial charge in [-0.1, -0.05) is 35.4 Å². The monoisotopic (exact) mass is 660 g/mol. The molecule has 214 valence electrons. The summed E-state index contributed by atoms with van der Waals surface area (Å²) in [5.41, 5.74) is 11.7. The number of nitrogens with zero attached hydrogens (tertiary/aromatic N) is 2. The third-order valence-electron chi connectivity index (χ3n) is 6.67. The number of aromatic hydroxyl groups is 1. The van der Waals surface area contributed by atoms with Gasteiger partial charge >= 0.3 is 108 Å². The normalized spacial score (nSPS) is 13.1. The van der Waals surface area contributed by atoms with Crippen LogP contribution < -0.4 is 19.3 Å². The maximum Gasteiger partial charge on any atom is 0.0146 e. The molecule has 1 heterocycles. The number of aliphatic hydroxyl groups is 1. The molecule has 0 spiro atoms. The second kappa shape index (κ2) is 13.9. The Morgan fingerprint density at radius 3 is 1.51 bits per heavy atom. The molecule has 0 bridgehead atoms. The fourth-order valence-corrected chi connectivity index (χ4v) is 7.13. The number of halogens is 2. The Labute approximate surface area is 247 Å². The largest absolute Gasteiger partial charge is 0.502 e. The standard InChI is InChI=1S/C21H27N2.C10H12O3.2ClH.Ru/c1-14-9-16(3)20(17(4)10-14)22-7-8-23(13-22)21-18(5)11-15(2)12-19(21)6;1-7-5-9(12-3)10(13-4)6-8(7)11-2;;;/h9-13H,7-8H2,1-6H3;1,5-6H,2-4H3;2*1H;/q-1;;;;+2/p-1. The number of aryl methyl sites for hydroxylation is 6. The molecule has 1 N–H and O–H groups in total. The third-order valence-corrected chi connectivity index (χ3v) is 8.50. The molecule has 0 saturated carbocycles. The van der Waals surface area contributed by atoms with Gasteiger partial charge in [-0.2, -0.15) is 6.67 Å². The van der Waals surface area contributed by atoms with Gasteiger partial charge in [0.25, 0.3) is 0 Å². The van der Waals surface area contributed by atoms with Crippen molar-refractivity contribution in [1.82, 2.24) is 0 Å². The van der Waals surface area contributed by atoms with Crippen LogP contribution in [-0.2, 0) is 13.5 Å². The molecular formula is C31H40Cl2N2O3Ru. The Hall–Kier alpha value is -2.27. The number of rotatable bonds is 6. The summed E-state index contributed by atoms with van der Waals surface area (Å²) in [6.45, 7) is 17.6. The van der Waals surface area contributed by atoms with E-state index >= 15 is 0 Å². The number of hydrogen-bond acceptors (Lipinski definition) is 4. The molecule has 0 aromatic heterocycles. The maximum atomic E-state index is 5.85. The van der Waals surface area contributed by atoms with Gasteiger partial charge in [0.15, 0.2) is 0 Å². The second-order valence-electron chi connectivity index (χ2n) is 9.79. The van der Waals surface area contributed by atoms with E-state index in [0.717, 1.165) is 24.4 Å². The average molecular weight is 661 g/mol. The minimum absolute atomic E-state index is 0.642. The third kappa shape index (κ3) is 7.69. The van der Waals surface area contributed by atoms with E-state index in [0.29, 0.717) is 11.5 Å². The van der Waals surface area contributed by atoms with Crippen LogP contribution in [0.3, 0.4) is 0 Å². The van der Waals surface area contributed by atoms with Gasteiger partial charge in [0, 0.05) is 24.5 Å². The molecule has 1 saturated heterocycles. The van der Waals surface area contributed by atoms with E-state index in [4.69, 9.17) is 28.9 Å². The molecule has 0 radical (unpaired) electrons. The molecule has 0 unspecified atom stereocenters. The van der Waals surface area contributed by atoms with Crippen LogP contribution in [0.1, 0.15) is 38.9 Å². The Bertz CT molecular complexity index is 1250. The number of benzene rings is 3. The summed E-state index contributed by atoms with van der Waals surface area (Å²) in [7, 11) is 16.6. The van der Waals surface area contributed by atoms with Crippen molar-refractivity contribution in [2.75, 3.05) is 44.2 Å². The van der Waals surface area contributed by atoms with Gasteiger partial charge in [0.2, 0.25) is 0 Å². The molecule has 3 aromatic carbocycles. The molecule has 0 amide bonds. The molecule has 0 aliphatic carbocycles. The minimum atomic E-state index is -1.87. The van der Waals surface area contributed by atoms with Gasteiger partial charge in [0.1, 0.15) is 0 Å². The summed E-state index contributed by atoms with van der Waals surface area (Å²) in [4.78, 5) is 4.81. The van der Waals surface area contributed by atoms with Crippen molar-refractivity contribution in [1.29, 1.82) is 0 Å². The van der Waals surface area contributed by atoms with Crippen LogP contribution in [0, 0.1) is 48.2 Å². The summed E-state index contributed by atoms with van der Waals surface area (Å²) in [5.74, 6) is 2.07. The van der Waals surface area contributed by atoms with E-state index in [-0.39, 0.29) is 0 Å². The summed E-state index contributed by atoms with van der Waals surface area (Å²) in [6, 6.07) is 12.7. The maximum absolute atomic E-state index is 5.85. The summed E-state index contributed by atoms with van der Waals surface area (Å²) < 4.78 is 16.4. The van der Waals surface area contributed by atoms with Crippen molar-refractivity contribution in [2.45, 2.75) is 41.5 Å². The van der Waals surface area contributed by atoms with E-state index in [1.807, 2.05) is 10.7 Å².